The summed E-state index contributed by atoms with van der Waals surface area (Å²) in [4.78, 5) is 23.0. The summed E-state index contributed by atoms with van der Waals surface area (Å²) < 4.78 is 19.1. The van der Waals surface area contributed by atoms with Crippen LogP contribution < -0.4 is 4.74 Å². The van der Waals surface area contributed by atoms with E-state index in [-0.39, 0.29) is 22.8 Å². The average Bonchev–Trinajstić information content (AvgIpc) is 2.92. The van der Waals surface area contributed by atoms with Crippen LogP contribution in [0.15, 0.2) is 60.7 Å². The number of ether oxygens (including phenoxy) is 1. The summed E-state index contributed by atoms with van der Waals surface area (Å²) in [7, 11) is 0. The Morgan fingerprint density at radius 2 is 1.71 bits per heavy atom. The van der Waals surface area contributed by atoms with Crippen LogP contribution in [-0.4, -0.2) is 22.6 Å². The molecular formula is C31H32FNO5. The highest BCUT2D eigenvalue weighted by molar-refractivity contribution is 5.94. The van der Waals surface area contributed by atoms with E-state index in [1.807, 2.05) is 0 Å². The number of carbonyl (C=O) groups is 1. The Labute approximate surface area is 221 Å². The quantitative estimate of drug-likeness (QED) is 0.119. The van der Waals surface area contributed by atoms with Gasteiger partial charge in [0.25, 0.3) is 0 Å². The van der Waals surface area contributed by atoms with Gasteiger partial charge in [-0.2, -0.15) is 0 Å². The Kier molecular flexibility index (Phi) is 9.25. The molecule has 198 valence electrons. The molecule has 4 rings (SSSR count). The maximum absolute atomic E-state index is 13.3. The molecule has 0 spiro atoms. The van der Waals surface area contributed by atoms with Crippen molar-refractivity contribution >= 4 is 23.8 Å². The molecule has 1 N–H and O–H groups in total. The lowest BCUT2D eigenvalue weighted by Crippen LogP contribution is -2.07. The highest BCUT2D eigenvalue weighted by Gasteiger charge is 2.17. The number of hydrogen-bond acceptors (Lipinski definition) is 4. The van der Waals surface area contributed by atoms with Crippen LogP contribution in [0.2, 0.25) is 0 Å². The van der Waals surface area contributed by atoms with E-state index in [2.05, 4.69) is 0 Å². The largest absolute Gasteiger partial charge is 0.487 e. The zero-order chi connectivity index (χ0) is 26.9. The third-order valence-corrected chi connectivity index (χ3v) is 7.08. The highest BCUT2D eigenvalue weighted by Crippen LogP contribution is 2.31. The van der Waals surface area contributed by atoms with Crippen molar-refractivity contribution in [2.24, 2.45) is 5.92 Å². The summed E-state index contributed by atoms with van der Waals surface area (Å²) in [6, 6.07) is 15.5. The Morgan fingerprint density at radius 1 is 0.974 bits per heavy atom. The smallest absolute Gasteiger partial charge is 0.336 e. The van der Waals surface area contributed by atoms with Crippen LogP contribution in [0, 0.1) is 21.8 Å². The molecule has 3 aromatic rings. The molecule has 1 fully saturated rings. The molecule has 1 saturated carbocycles. The molecule has 0 saturated heterocycles. The number of carboxylic acids is 1. The fourth-order valence-electron chi connectivity index (χ4n) is 5.00. The second-order valence-electron chi connectivity index (χ2n) is 9.78. The van der Waals surface area contributed by atoms with E-state index in [1.165, 1.54) is 62.8 Å². The van der Waals surface area contributed by atoms with Crippen molar-refractivity contribution in [3.63, 3.8) is 0 Å². The zero-order valence-electron chi connectivity index (χ0n) is 21.3. The van der Waals surface area contributed by atoms with Gasteiger partial charge in [-0.1, -0.05) is 74.9 Å². The van der Waals surface area contributed by atoms with Gasteiger partial charge in [0.05, 0.1) is 17.1 Å². The van der Waals surface area contributed by atoms with Crippen LogP contribution in [0.5, 0.6) is 5.75 Å². The Morgan fingerprint density at radius 3 is 2.42 bits per heavy atom. The lowest BCUT2D eigenvalue weighted by Gasteiger charge is -2.21. The number of rotatable bonds is 11. The van der Waals surface area contributed by atoms with Gasteiger partial charge in [-0.05, 0) is 71.3 Å². The van der Waals surface area contributed by atoms with Gasteiger partial charge in [-0.25, -0.2) is 9.18 Å². The molecule has 0 aromatic heterocycles. The minimum atomic E-state index is -1.09. The molecule has 0 atom stereocenters. The van der Waals surface area contributed by atoms with Crippen LogP contribution in [0.1, 0.15) is 72.9 Å². The molecule has 0 aliphatic heterocycles. The Bertz CT molecular complexity index is 1300. The van der Waals surface area contributed by atoms with Crippen molar-refractivity contribution in [1.82, 2.24) is 0 Å². The number of nitro benzene ring substituents is 1. The molecule has 1 aliphatic rings. The molecule has 3 aromatic carbocycles. The highest BCUT2D eigenvalue weighted by atomic mass is 19.1. The molecule has 7 heteroatoms. The van der Waals surface area contributed by atoms with Gasteiger partial charge in [-0.15, -0.1) is 0 Å². The molecule has 0 bridgehead atoms. The predicted octanol–water partition coefficient (Wildman–Crippen LogP) is 8.40. The van der Waals surface area contributed by atoms with Crippen LogP contribution in [0.25, 0.3) is 23.3 Å². The van der Waals surface area contributed by atoms with Crippen molar-refractivity contribution in [2.45, 2.75) is 51.4 Å². The van der Waals surface area contributed by atoms with E-state index in [0.717, 1.165) is 29.9 Å². The summed E-state index contributed by atoms with van der Waals surface area (Å²) in [6.07, 6.45) is 13.0. The number of hydrogen-bond donors (Lipinski definition) is 1. The van der Waals surface area contributed by atoms with E-state index in [4.69, 9.17) is 4.74 Å². The van der Waals surface area contributed by atoms with E-state index in [1.54, 1.807) is 48.6 Å². The third kappa shape index (κ3) is 7.28. The van der Waals surface area contributed by atoms with Gasteiger partial charge in [0.2, 0.25) is 0 Å². The first-order valence-electron chi connectivity index (χ1n) is 13.1. The summed E-state index contributed by atoms with van der Waals surface area (Å²) in [6.45, 7) is 0.431. The van der Waals surface area contributed by atoms with E-state index >= 15 is 0 Å². The lowest BCUT2D eigenvalue weighted by molar-refractivity contribution is -0.385. The van der Waals surface area contributed by atoms with Crippen LogP contribution in [0.4, 0.5) is 10.1 Å². The first kappa shape index (κ1) is 27.0. The van der Waals surface area contributed by atoms with Crippen LogP contribution in [-0.2, 0) is 0 Å². The first-order chi connectivity index (χ1) is 18.4. The Hall–Kier alpha value is -4.00. The molecule has 1 aliphatic carbocycles. The van der Waals surface area contributed by atoms with Gasteiger partial charge < -0.3 is 9.84 Å². The van der Waals surface area contributed by atoms with Crippen LogP contribution >= 0.6 is 0 Å². The number of nitrogens with zero attached hydrogens (tertiary/aromatic N) is 1. The maximum atomic E-state index is 13.3. The average molecular weight is 518 g/mol. The van der Waals surface area contributed by atoms with Gasteiger partial charge in [0, 0.05) is 6.07 Å². The SMILES string of the molecule is O=C(O)c1ccc(-c2ccc(F)cc2)cc1C=Cc1ccc(OCCCCC2CCCCC2)c([N+](=O)[O-])c1. The standard InChI is InChI=1S/C31H32FNO5/c32-27-15-12-24(13-16-27)25-14-17-28(31(34)35)26(21-25)11-9-23-10-18-30(29(20-23)33(36)37)38-19-5-4-8-22-6-2-1-3-7-22/h9-18,20-22H,1-8,19H2,(H,34,35). The van der Waals surface area contributed by atoms with Crippen molar-refractivity contribution in [3.8, 4) is 16.9 Å². The molecule has 38 heavy (non-hydrogen) atoms. The molecule has 0 unspecified atom stereocenters. The second-order valence-corrected chi connectivity index (χ2v) is 9.78. The number of aromatic carboxylic acids is 1. The van der Waals surface area contributed by atoms with Gasteiger partial charge in [0.15, 0.2) is 5.75 Å². The van der Waals surface area contributed by atoms with Crippen molar-refractivity contribution < 1.29 is 24.0 Å². The topological polar surface area (TPSA) is 89.7 Å². The van der Waals surface area contributed by atoms with Gasteiger partial charge in [-0.3, -0.25) is 10.1 Å². The normalized spacial score (nSPS) is 14.0. The van der Waals surface area contributed by atoms with E-state index in [0.29, 0.717) is 17.7 Å². The van der Waals surface area contributed by atoms with E-state index in [9.17, 15) is 24.4 Å². The second kappa shape index (κ2) is 13.0. The fourth-order valence-corrected chi connectivity index (χ4v) is 5.00. The van der Waals surface area contributed by atoms with Gasteiger partial charge in [0.1, 0.15) is 5.82 Å². The molecule has 0 heterocycles. The Balaban J connectivity index is 1.45. The number of halogens is 1. The molecule has 6 nitrogen and oxygen atoms in total. The predicted molar refractivity (Wildman–Crippen MR) is 147 cm³/mol. The number of benzene rings is 3. The lowest BCUT2D eigenvalue weighted by atomic mass is 9.86. The monoisotopic (exact) mass is 517 g/mol. The van der Waals surface area contributed by atoms with Crippen molar-refractivity contribution in [3.05, 3.63) is 93.3 Å². The van der Waals surface area contributed by atoms with Crippen LogP contribution in [0.3, 0.4) is 0 Å². The number of carboxylic acid groups (broad SMARTS) is 1. The summed E-state index contributed by atoms with van der Waals surface area (Å²) in [5, 5.41) is 21.3. The first-order valence-corrected chi connectivity index (χ1v) is 13.1. The maximum Gasteiger partial charge on any atom is 0.336 e. The van der Waals surface area contributed by atoms with Crippen molar-refractivity contribution in [2.75, 3.05) is 6.61 Å². The van der Waals surface area contributed by atoms with Crippen molar-refractivity contribution in [1.29, 1.82) is 0 Å². The zero-order valence-corrected chi connectivity index (χ0v) is 21.3. The van der Waals surface area contributed by atoms with Gasteiger partial charge >= 0.3 is 11.7 Å². The minimum Gasteiger partial charge on any atom is -0.487 e. The van der Waals surface area contributed by atoms with E-state index < -0.39 is 10.9 Å². The molecule has 0 radical (unpaired) electrons. The molecular weight excluding hydrogens is 485 g/mol. The summed E-state index contributed by atoms with van der Waals surface area (Å²) >= 11 is 0. The minimum absolute atomic E-state index is 0.0924. The fraction of sp³-hybridized carbons (Fsp3) is 0.323. The number of unbranched alkanes of at least 4 members (excludes halogenated alkanes) is 1. The number of nitro groups is 1. The summed E-state index contributed by atoms with van der Waals surface area (Å²) in [5.74, 6) is -0.408. The summed E-state index contributed by atoms with van der Waals surface area (Å²) in [5.41, 5.74) is 2.42. The molecule has 0 amide bonds. The third-order valence-electron chi connectivity index (χ3n) is 7.08.